The molecule has 2 fully saturated rings. The minimum Gasteiger partial charge on any atom is -0.430 e. The third kappa shape index (κ3) is 5.05. The number of rotatable bonds is 5. The molecule has 2 aliphatic heterocycles. The fourth-order valence-corrected chi connectivity index (χ4v) is 8.86. The maximum Gasteiger partial charge on any atom is 0.308 e. The number of hydrogen-bond acceptors (Lipinski definition) is 14. The standard InChI is InChI=1S/C35H42N2O13/c1-16-21-10-9-11-22(48-18(3)39)24(21)34(44-12-13-45-34)25-23(16)29(42)26-28(37(7)8)30(49-19(4)40)27(32(43)36-17(2)38)35(46-14-15-47-35)33(26,6)31(25)50-20(5)41/h9-11,16,23,26,28-29,42H,12-15H2,1-8H3,(H,36,38,43)/t16-,23+,26+,28-,29-,33+/m0/s1. The van der Waals surface area contributed by atoms with Crippen molar-refractivity contribution >= 4 is 29.7 Å². The van der Waals surface area contributed by atoms with Crippen molar-refractivity contribution in [2.75, 3.05) is 40.5 Å². The van der Waals surface area contributed by atoms with Gasteiger partial charge in [0.05, 0.1) is 49.6 Å². The third-order valence-corrected chi connectivity index (χ3v) is 10.3. The van der Waals surface area contributed by atoms with Gasteiger partial charge in [0.1, 0.15) is 22.8 Å². The predicted molar refractivity (Wildman–Crippen MR) is 169 cm³/mol. The van der Waals surface area contributed by atoms with E-state index in [1.54, 1.807) is 38.1 Å². The molecule has 2 saturated heterocycles. The number of aliphatic hydroxyl groups is 1. The summed E-state index contributed by atoms with van der Waals surface area (Å²) in [6.45, 7) is 8.34. The Hall–Kier alpha value is -3.99. The minimum atomic E-state index is -2.20. The number of esters is 3. The van der Waals surface area contributed by atoms with Crippen LogP contribution in [0.2, 0.25) is 0 Å². The summed E-state index contributed by atoms with van der Waals surface area (Å²) >= 11 is 0. The van der Waals surface area contributed by atoms with Gasteiger partial charge in [-0.2, -0.15) is 0 Å². The molecule has 2 spiro atoms. The van der Waals surface area contributed by atoms with E-state index >= 15 is 0 Å². The molecule has 1 aromatic rings. The summed E-state index contributed by atoms with van der Waals surface area (Å²) in [5.41, 5.74) is -0.909. The number of nitrogens with zero attached hydrogens (tertiary/aromatic N) is 1. The molecule has 15 heteroatoms. The second-order valence-electron chi connectivity index (χ2n) is 13.6. The molecule has 50 heavy (non-hydrogen) atoms. The van der Waals surface area contributed by atoms with E-state index in [1.807, 2.05) is 13.0 Å². The van der Waals surface area contributed by atoms with E-state index in [9.17, 15) is 29.1 Å². The summed E-state index contributed by atoms with van der Waals surface area (Å²) in [7, 11) is 3.35. The van der Waals surface area contributed by atoms with Gasteiger partial charge in [-0.25, -0.2) is 0 Å². The summed E-state index contributed by atoms with van der Waals surface area (Å²) in [5.74, 6) is -10.4. The van der Waals surface area contributed by atoms with Crippen molar-refractivity contribution < 1.29 is 62.2 Å². The van der Waals surface area contributed by atoms with Crippen LogP contribution in [0, 0.1) is 17.3 Å². The normalized spacial score (nSPS) is 30.5. The van der Waals surface area contributed by atoms with Gasteiger partial charge in [-0.3, -0.25) is 34.2 Å². The van der Waals surface area contributed by atoms with Crippen LogP contribution in [0.4, 0.5) is 0 Å². The number of aliphatic hydroxyl groups excluding tert-OH is 1. The van der Waals surface area contributed by atoms with Crippen LogP contribution in [-0.4, -0.2) is 98.2 Å². The van der Waals surface area contributed by atoms with Crippen LogP contribution < -0.4 is 10.1 Å². The van der Waals surface area contributed by atoms with E-state index in [0.29, 0.717) is 11.1 Å². The van der Waals surface area contributed by atoms with Crippen molar-refractivity contribution in [1.82, 2.24) is 10.2 Å². The largest absolute Gasteiger partial charge is 0.430 e. The van der Waals surface area contributed by atoms with Gasteiger partial charge in [0, 0.05) is 45.1 Å². The lowest BCUT2D eigenvalue weighted by atomic mass is 9.49. The van der Waals surface area contributed by atoms with Gasteiger partial charge in [0.25, 0.3) is 5.91 Å². The van der Waals surface area contributed by atoms with E-state index < -0.39 is 76.6 Å². The van der Waals surface area contributed by atoms with Gasteiger partial charge in [0.15, 0.2) is 0 Å². The molecular formula is C35H42N2O13. The van der Waals surface area contributed by atoms with E-state index in [2.05, 4.69) is 5.32 Å². The molecule has 0 radical (unpaired) electrons. The number of imide groups is 1. The molecule has 2 heterocycles. The highest BCUT2D eigenvalue weighted by atomic mass is 16.7. The smallest absolute Gasteiger partial charge is 0.308 e. The Balaban J connectivity index is 1.79. The van der Waals surface area contributed by atoms with Crippen LogP contribution in [0.1, 0.15) is 58.6 Å². The zero-order valence-corrected chi connectivity index (χ0v) is 29.2. The first-order chi connectivity index (χ1) is 23.5. The number of nitrogens with one attached hydrogen (secondary N) is 1. The maximum atomic E-state index is 14.2. The van der Waals surface area contributed by atoms with Crippen LogP contribution in [0.5, 0.6) is 5.75 Å². The highest BCUT2D eigenvalue weighted by Crippen LogP contribution is 2.69. The number of hydrogen-bond donors (Lipinski definition) is 2. The van der Waals surface area contributed by atoms with Crippen molar-refractivity contribution in [2.45, 2.75) is 71.2 Å². The van der Waals surface area contributed by atoms with Gasteiger partial charge in [0.2, 0.25) is 17.5 Å². The zero-order chi connectivity index (χ0) is 36.5. The number of amides is 2. The second-order valence-corrected chi connectivity index (χ2v) is 13.6. The summed E-state index contributed by atoms with van der Waals surface area (Å²) in [6.07, 6.45) is -1.36. The Kier molecular flexibility index (Phi) is 9.06. The molecular weight excluding hydrogens is 656 g/mol. The first-order valence-electron chi connectivity index (χ1n) is 16.4. The van der Waals surface area contributed by atoms with E-state index in [1.165, 1.54) is 13.8 Å². The quantitative estimate of drug-likeness (QED) is 0.333. The topological polar surface area (TPSA) is 185 Å². The molecule has 5 aliphatic rings. The Morgan fingerprint density at radius 1 is 0.880 bits per heavy atom. The maximum absolute atomic E-state index is 14.2. The molecule has 2 N–H and O–H groups in total. The molecule has 1 aromatic carbocycles. The van der Waals surface area contributed by atoms with Gasteiger partial charge >= 0.3 is 17.9 Å². The van der Waals surface area contributed by atoms with Crippen molar-refractivity contribution in [1.29, 1.82) is 0 Å². The minimum absolute atomic E-state index is 0.0602. The Labute approximate surface area is 288 Å². The molecule has 3 aliphatic carbocycles. The van der Waals surface area contributed by atoms with Crippen LogP contribution in [0.25, 0.3) is 0 Å². The number of benzene rings is 1. The highest BCUT2D eigenvalue weighted by Gasteiger charge is 2.76. The number of fused-ring (bicyclic) bond motifs is 6. The molecule has 0 saturated carbocycles. The molecule has 6 atom stereocenters. The van der Waals surface area contributed by atoms with Crippen LogP contribution in [0.3, 0.4) is 0 Å². The Bertz CT molecular complexity index is 1720. The van der Waals surface area contributed by atoms with Crippen molar-refractivity contribution in [3.8, 4) is 5.75 Å². The van der Waals surface area contributed by atoms with Crippen molar-refractivity contribution in [3.63, 3.8) is 0 Å². The molecule has 0 aromatic heterocycles. The monoisotopic (exact) mass is 698 g/mol. The first-order valence-corrected chi connectivity index (χ1v) is 16.4. The highest BCUT2D eigenvalue weighted by molar-refractivity contribution is 6.05. The molecule has 0 bridgehead atoms. The molecule has 0 unspecified atom stereocenters. The van der Waals surface area contributed by atoms with Crippen LogP contribution in [0.15, 0.2) is 40.9 Å². The van der Waals surface area contributed by atoms with Crippen LogP contribution >= 0.6 is 0 Å². The molecule has 2 amide bonds. The van der Waals surface area contributed by atoms with Gasteiger partial charge in [-0.1, -0.05) is 19.1 Å². The summed E-state index contributed by atoms with van der Waals surface area (Å²) in [5, 5.41) is 15.2. The SMILES string of the molecule is CC(=O)NC(=O)C1=C(OC(C)=O)[C@@H](N(C)C)[C@@H]2[C@@H](O)[C@H]3C(=C(OC(C)=O)[C@]2(C)C12OCCO2)C1(OCCO1)c1c(OC(C)=O)cccc1[C@@H]3C. The predicted octanol–water partition coefficient (Wildman–Crippen LogP) is 1.53. The van der Waals surface area contributed by atoms with Crippen molar-refractivity contribution in [2.24, 2.45) is 17.3 Å². The number of likely N-dealkylation sites (N-methyl/N-ethyl adjacent to an activating group) is 1. The lowest BCUT2D eigenvalue weighted by molar-refractivity contribution is -0.263. The average molecular weight is 699 g/mol. The summed E-state index contributed by atoms with van der Waals surface area (Å²) in [4.78, 5) is 66.6. The lowest BCUT2D eigenvalue weighted by Crippen LogP contribution is -2.71. The summed E-state index contributed by atoms with van der Waals surface area (Å²) in [6, 6.07) is 4.09. The zero-order valence-electron chi connectivity index (χ0n) is 29.2. The summed E-state index contributed by atoms with van der Waals surface area (Å²) < 4.78 is 43.6. The van der Waals surface area contributed by atoms with E-state index in [4.69, 9.17) is 33.2 Å². The number of ether oxygens (including phenoxy) is 7. The first kappa shape index (κ1) is 35.8. The Morgan fingerprint density at radius 2 is 1.46 bits per heavy atom. The third-order valence-electron chi connectivity index (χ3n) is 10.3. The second kappa shape index (κ2) is 12.7. The van der Waals surface area contributed by atoms with Gasteiger partial charge in [-0.05, 0) is 38.6 Å². The van der Waals surface area contributed by atoms with Gasteiger partial charge < -0.3 is 38.3 Å². The number of carbonyl (C=O) groups is 5. The van der Waals surface area contributed by atoms with E-state index in [-0.39, 0.29) is 54.8 Å². The van der Waals surface area contributed by atoms with Crippen molar-refractivity contribution in [3.05, 3.63) is 52.0 Å². The van der Waals surface area contributed by atoms with Crippen LogP contribution in [-0.2, 0) is 58.2 Å². The molecule has 6 rings (SSSR count). The Morgan fingerprint density at radius 3 is 2.00 bits per heavy atom. The average Bonchev–Trinajstić information content (AvgIpc) is 3.69. The fourth-order valence-electron chi connectivity index (χ4n) is 8.86. The number of carbonyl (C=O) groups excluding carboxylic acids is 5. The fraction of sp³-hybridized carbons (Fsp3) is 0.571. The van der Waals surface area contributed by atoms with Gasteiger partial charge in [-0.15, -0.1) is 0 Å². The molecule has 270 valence electrons. The lowest BCUT2D eigenvalue weighted by Gasteiger charge is -2.62. The van der Waals surface area contributed by atoms with E-state index in [0.717, 1.165) is 13.8 Å². The molecule has 15 nitrogen and oxygen atoms in total.